The maximum Gasteiger partial charge on any atom is 0.0458 e. The highest BCUT2D eigenvalue weighted by atomic mass is 14.9. The van der Waals surface area contributed by atoms with Gasteiger partial charge in [0.15, 0.2) is 0 Å². The second-order valence-corrected chi connectivity index (χ2v) is 4.56. The number of rotatable bonds is 5. The summed E-state index contributed by atoms with van der Waals surface area (Å²) in [6.07, 6.45) is 12.0. The van der Waals surface area contributed by atoms with Crippen molar-refractivity contribution in [1.29, 1.82) is 0 Å². The van der Waals surface area contributed by atoms with Crippen molar-refractivity contribution in [3.8, 4) is 0 Å². The van der Waals surface area contributed by atoms with Gasteiger partial charge in [-0.05, 0) is 31.4 Å². The van der Waals surface area contributed by atoms with Crippen molar-refractivity contribution in [2.24, 2.45) is 0 Å². The molecule has 0 bridgehead atoms. The lowest BCUT2D eigenvalue weighted by atomic mass is 10.0. The first-order chi connectivity index (χ1) is 8.85. The molecule has 0 atom stereocenters. The minimum Gasteiger partial charge on any atom is -0.359 e. The molecule has 1 heteroatoms. The van der Waals surface area contributed by atoms with Crippen molar-refractivity contribution in [2.75, 3.05) is 5.32 Å². The van der Waals surface area contributed by atoms with E-state index in [-0.39, 0.29) is 0 Å². The summed E-state index contributed by atoms with van der Waals surface area (Å²) in [6.45, 7) is 4.30. The molecule has 1 aliphatic rings. The van der Waals surface area contributed by atoms with Gasteiger partial charge in [-0.3, -0.25) is 0 Å². The van der Waals surface area contributed by atoms with Crippen LogP contribution in [-0.4, -0.2) is 0 Å². The van der Waals surface area contributed by atoms with Crippen molar-refractivity contribution >= 4 is 11.3 Å². The molecule has 0 aliphatic heterocycles. The van der Waals surface area contributed by atoms with Gasteiger partial charge in [0.05, 0.1) is 0 Å². The highest BCUT2D eigenvalue weighted by Crippen LogP contribution is 2.30. The fraction of sp³-hybridized carbons (Fsp3) is 0.294. The summed E-state index contributed by atoms with van der Waals surface area (Å²) >= 11 is 0. The van der Waals surface area contributed by atoms with E-state index in [0.717, 1.165) is 12.8 Å². The van der Waals surface area contributed by atoms with E-state index in [2.05, 4.69) is 67.7 Å². The summed E-state index contributed by atoms with van der Waals surface area (Å²) in [5.41, 5.74) is 5.23. The fourth-order valence-corrected chi connectivity index (χ4v) is 2.24. The van der Waals surface area contributed by atoms with Crippen LogP contribution >= 0.6 is 0 Å². The summed E-state index contributed by atoms with van der Waals surface area (Å²) in [7, 11) is 0. The molecule has 0 radical (unpaired) electrons. The van der Waals surface area contributed by atoms with Crippen molar-refractivity contribution in [1.82, 2.24) is 0 Å². The van der Waals surface area contributed by atoms with Crippen LogP contribution in [0.4, 0.5) is 5.69 Å². The number of anilines is 1. The van der Waals surface area contributed by atoms with Crippen LogP contribution in [0.2, 0.25) is 0 Å². The zero-order valence-electron chi connectivity index (χ0n) is 11.2. The molecular weight excluding hydrogens is 218 g/mol. The van der Waals surface area contributed by atoms with Crippen LogP contribution in [0.25, 0.3) is 5.57 Å². The predicted molar refractivity (Wildman–Crippen MR) is 80.5 cm³/mol. The number of benzene rings is 1. The molecule has 18 heavy (non-hydrogen) atoms. The second-order valence-electron chi connectivity index (χ2n) is 4.56. The van der Waals surface area contributed by atoms with Crippen molar-refractivity contribution in [2.45, 2.75) is 33.1 Å². The second kappa shape index (κ2) is 6.25. The van der Waals surface area contributed by atoms with Crippen LogP contribution in [-0.2, 0) is 0 Å². The zero-order chi connectivity index (χ0) is 12.8. The molecule has 1 nitrogen and oxygen atoms in total. The molecule has 94 valence electrons. The molecule has 1 aliphatic carbocycles. The maximum absolute atomic E-state index is 3.57. The Balaban J connectivity index is 2.22. The van der Waals surface area contributed by atoms with Gasteiger partial charge in [0.2, 0.25) is 0 Å². The van der Waals surface area contributed by atoms with E-state index in [1.54, 1.807) is 0 Å². The number of para-hydroxylation sites is 1. The molecule has 0 fully saturated rings. The molecule has 0 aromatic heterocycles. The molecule has 2 rings (SSSR count). The van der Waals surface area contributed by atoms with E-state index < -0.39 is 0 Å². The lowest BCUT2D eigenvalue weighted by molar-refractivity contribution is 0.907. The summed E-state index contributed by atoms with van der Waals surface area (Å²) in [5.74, 6) is 0. The zero-order valence-corrected chi connectivity index (χ0v) is 11.2. The van der Waals surface area contributed by atoms with Gasteiger partial charge in [-0.15, -0.1) is 0 Å². The average molecular weight is 239 g/mol. The summed E-state index contributed by atoms with van der Waals surface area (Å²) in [5, 5.41) is 3.57. The van der Waals surface area contributed by atoms with Crippen LogP contribution in [0.3, 0.4) is 0 Å². The third-order valence-electron chi connectivity index (χ3n) is 3.21. The van der Waals surface area contributed by atoms with Crippen LogP contribution in [0.1, 0.15) is 38.7 Å². The van der Waals surface area contributed by atoms with Crippen LogP contribution < -0.4 is 5.32 Å². The van der Waals surface area contributed by atoms with Gasteiger partial charge in [0, 0.05) is 16.9 Å². The highest BCUT2D eigenvalue weighted by molar-refractivity contribution is 5.80. The van der Waals surface area contributed by atoms with Crippen molar-refractivity contribution in [3.63, 3.8) is 0 Å². The smallest absolute Gasteiger partial charge is 0.0458 e. The Hall–Kier alpha value is -1.76. The van der Waals surface area contributed by atoms with Gasteiger partial charge >= 0.3 is 0 Å². The Morgan fingerprint density at radius 3 is 2.83 bits per heavy atom. The first-order valence-corrected chi connectivity index (χ1v) is 6.72. The Morgan fingerprint density at radius 1 is 1.33 bits per heavy atom. The topological polar surface area (TPSA) is 12.0 Å². The monoisotopic (exact) mass is 239 g/mol. The lowest BCUT2D eigenvalue weighted by Crippen LogP contribution is -2.01. The molecule has 0 saturated heterocycles. The minimum absolute atomic E-state index is 1.04. The summed E-state index contributed by atoms with van der Waals surface area (Å²) in [6, 6.07) is 8.55. The van der Waals surface area contributed by atoms with E-state index in [0.29, 0.717) is 0 Å². The molecule has 1 aromatic carbocycles. The van der Waals surface area contributed by atoms with E-state index in [4.69, 9.17) is 0 Å². The number of nitrogens with one attached hydrogen (secondary N) is 1. The molecular formula is C17H21N. The van der Waals surface area contributed by atoms with E-state index >= 15 is 0 Å². The average Bonchev–Trinajstić information content (AvgIpc) is 2.92. The van der Waals surface area contributed by atoms with Gasteiger partial charge in [-0.2, -0.15) is 0 Å². The molecule has 1 aromatic rings. The Morgan fingerprint density at radius 2 is 2.17 bits per heavy atom. The lowest BCUT2D eigenvalue weighted by Gasteiger charge is -2.15. The summed E-state index contributed by atoms with van der Waals surface area (Å²) < 4.78 is 0. The normalized spacial score (nSPS) is 14.8. The highest BCUT2D eigenvalue weighted by Gasteiger charge is 2.08. The number of hydrogen-bond donors (Lipinski definition) is 1. The first kappa shape index (κ1) is 12.7. The largest absolute Gasteiger partial charge is 0.359 e. The Kier molecular flexibility index (Phi) is 4.40. The quantitative estimate of drug-likeness (QED) is 0.749. The molecule has 1 N–H and O–H groups in total. The summed E-state index contributed by atoms with van der Waals surface area (Å²) in [4.78, 5) is 0. The Bertz CT molecular complexity index is 492. The van der Waals surface area contributed by atoms with Crippen LogP contribution in [0.5, 0.6) is 0 Å². The van der Waals surface area contributed by atoms with Crippen molar-refractivity contribution < 1.29 is 0 Å². The number of allylic oxidation sites excluding steroid dienone is 6. The first-order valence-electron chi connectivity index (χ1n) is 6.72. The van der Waals surface area contributed by atoms with Crippen LogP contribution in [0.15, 0.2) is 54.3 Å². The molecule has 0 saturated carbocycles. The van der Waals surface area contributed by atoms with Crippen molar-refractivity contribution in [3.05, 3.63) is 59.8 Å². The SMILES string of the molecule is CC=C(CCC)Nc1ccccc1C1=CC=CC1. The standard InChI is InChI=1S/C17H21N/c1-3-9-15(4-2)18-17-13-8-7-12-16(17)14-10-5-6-11-14/h4-8,10,12-13,18H,3,9,11H2,1-2H3. The van der Waals surface area contributed by atoms with Gasteiger partial charge < -0.3 is 5.32 Å². The van der Waals surface area contributed by atoms with E-state index in [1.807, 2.05) is 0 Å². The molecule has 0 spiro atoms. The van der Waals surface area contributed by atoms with Crippen LogP contribution in [0, 0.1) is 0 Å². The van der Waals surface area contributed by atoms with E-state index in [9.17, 15) is 0 Å². The fourth-order valence-electron chi connectivity index (χ4n) is 2.24. The molecule has 0 amide bonds. The number of hydrogen-bond acceptors (Lipinski definition) is 1. The van der Waals surface area contributed by atoms with Gasteiger partial charge in [-0.25, -0.2) is 0 Å². The van der Waals surface area contributed by atoms with E-state index in [1.165, 1.54) is 28.9 Å². The van der Waals surface area contributed by atoms with Gasteiger partial charge in [0.25, 0.3) is 0 Å². The molecule has 0 unspecified atom stereocenters. The minimum atomic E-state index is 1.04. The van der Waals surface area contributed by atoms with Gasteiger partial charge in [0.1, 0.15) is 0 Å². The van der Waals surface area contributed by atoms with Gasteiger partial charge in [-0.1, -0.05) is 55.8 Å². The third-order valence-corrected chi connectivity index (χ3v) is 3.21. The molecule has 0 heterocycles. The Labute approximate surface area is 110 Å². The predicted octanol–water partition coefficient (Wildman–Crippen LogP) is 5.15. The maximum atomic E-state index is 3.57. The third kappa shape index (κ3) is 2.92.